The number of nitrogens with zero attached hydrogens (tertiary/aromatic N) is 2. The van der Waals surface area contributed by atoms with Crippen molar-refractivity contribution < 1.29 is 8.83 Å². The average molecular weight is 793 g/mol. The van der Waals surface area contributed by atoms with Gasteiger partial charge in [0.15, 0.2) is 5.82 Å². The Morgan fingerprint density at radius 1 is 0.226 bits per heavy atom. The van der Waals surface area contributed by atoms with Gasteiger partial charge in [0.2, 0.25) is 0 Å². The zero-order valence-corrected chi connectivity index (χ0v) is 33.5. The third-order valence-corrected chi connectivity index (χ3v) is 11.9. The van der Waals surface area contributed by atoms with E-state index in [1.165, 1.54) is 0 Å². The van der Waals surface area contributed by atoms with Gasteiger partial charge in [-0.3, -0.25) is 0 Å². The summed E-state index contributed by atoms with van der Waals surface area (Å²) in [4.78, 5) is 10.7. The molecule has 0 N–H and O–H groups in total. The van der Waals surface area contributed by atoms with Crippen molar-refractivity contribution in [2.45, 2.75) is 0 Å². The molecule has 0 saturated carbocycles. The molecule has 3 heterocycles. The Balaban J connectivity index is 1.07. The molecular weight excluding hydrogens is 757 g/mol. The van der Waals surface area contributed by atoms with Gasteiger partial charge >= 0.3 is 0 Å². The highest BCUT2D eigenvalue weighted by Gasteiger charge is 2.17. The van der Waals surface area contributed by atoms with Crippen LogP contribution in [0.4, 0.5) is 0 Å². The van der Waals surface area contributed by atoms with Crippen molar-refractivity contribution in [3.05, 3.63) is 218 Å². The van der Waals surface area contributed by atoms with Crippen LogP contribution in [0.15, 0.2) is 227 Å². The summed E-state index contributed by atoms with van der Waals surface area (Å²) in [6, 6.07) is 76.5. The molecule has 0 unspecified atom stereocenters. The summed E-state index contributed by atoms with van der Waals surface area (Å²) in [6.45, 7) is 0. The van der Waals surface area contributed by atoms with Crippen LogP contribution in [-0.2, 0) is 0 Å². The minimum atomic E-state index is 0.661. The fourth-order valence-corrected chi connectivity index (χ4v) is 8.75. The summed E-state index contributed by atoms with van der Waals surface area (Å²) in [5.41, 5.74) is 17.0. The van der Waals surface area contributed by atoms with Crippen LogP contribution in [0.2, 0.25) is 0 Å². The molecule has 4 nitrogen and oxygen atoms in total. The first-order valence-corrected chi connectivity index (χ1v) is 20.9. The van der Waals surface area contributed by atoms with E-state index in [4.69, 9.17) is 18.8 Å². The Bertz CT molecular complexity index is 3410. The number of fused-ring (bicyclic) bond motifs is 6. The topological polar surface area (TPSA) is 52.1 Å². The molecule has 0 aliphatic heterocycles. The van der Waals surface area contributed by atoms with E-state index in [1.54, 1.807) is 0 Å². The second kappa shape index (κ2) is 14.7. The number of rotatable bonds is 7. The summed E-state index contributed by atoms with van der Waals surface area (Å²) in [5, 5.41) is 4.39. The number of para-hydroxylation sites is 2. The molecule has 0 spiro atoms. The lowest BCUT2D eigenvalue weighted by Crippen LogP contribution is -1.97. The first-order chi connectivity index (χ1) is 30.7. The van der Waals surface area contributed by atoms with Crippen molar-refractivity contribution in [1.82, 2.24) is 9.97 Å². The first-order valence-electron chi connectivity index (χ1n) is 20.9. The van der Waals surface area contributed by atoms with Crippen molar-refractivity contribution in [2.24, 2.45) is 0 Å². The van der Waals surface area contributed by atoms with Gasteiger partial charge in [-0.05, 0) is 123 Å². The van der Waals surface area contributed by atoms with Crippen molar-refractivity contribution in [3.8, 4) is 78.4 Å². The highest BCUT2D eigenvalue weighted by atomic mass is 16.3. The minimum absolute atomic E-state index is 0.661. The molecule has 12 aromatic rings. The third-order valence-electron chi connectivity index (χ3n) is 11.9. The average Bonchev–Trinajstić information content (AvgIpc) is 3.92. The Morgan fingerprint density at radius 2 is 0.581 bits per heavy atom. The number of benzene rings is 9. The number of hydrogen-bond donors (Lipinski definition) is 0. The van der Waals surface area contributed by atoms with E-state index in [0.29, 0.717) is 5.82 Å². The van der Waals surface area contributed by atoms with Gasteiger partial charge < -0.3 is 8.83 Å². The largest absolute Gasteiger partial charge is 0.456 e. The van der Waals surface area contributed by atoms with E-state index >= 15 is 0 Å². The van der Waals surface area contributed by atoms with E-state index in [-0.39, 0.29) is 0 Å². The molecule has 9 aromatic carbocycles. The zero-order chi connectivity index (χ0) is 41.0. The summed E-state index contributed by atoms with van der Waals surface area (Å²) in [5.74, 6) is 0.661. The smallest absolute Gasteiger partial charge is 0.160 e. The summed E-state index contributed by atoms with van der Waals surface area (Å²) in [6.07, 6.45) is 0. The monoisotopic (exact) mass is 792 g/mol. The van der Waals surface area contributed by atoms with E-state index in [2.05, 4.69) is 176 Å². The Kier molecular flexibility index (Phi) is 8.46. The normalized spacial score (nSPS) is 11.5. The Morgan fingerprint density at radius 3 is 1.03 bits per heavy atom. The maximum atomic E-state index is 6.22. The zero-order valence-electron chi connectivity index (χ0n) is 33.5. The lowest BCUT2D eigenvalue weighted by atomic mass is 9.92. The van der Waals surface area contributed by atoms with E-state index in [9.17, 15) is 0 Å². The molecular formula is C58H36N2O2. The fourth-order valence-electron chi connectivity index (χ4n) is 8.75. The van der Waals surface area contributed by atoms with E-state index in [1.807, 2.05) is 42.5 Å². The predicted molar refractivity (Wildman–Crippen MR) is 255 cm³/mol. The molecule has 0 aliphatic rings. The maximum Gasteiger partial charge on any atom is 0.160 e. The Labute approximate surface area is 358 Å². The van der Waals surface area contributed by atoms with Crippen LogP contribution in [-0.4, -0.2) is 9.97 Å². The number of aromatic nitrogens is 2. The van der Waals surface area contributed by atoms with Crippen LogP contribution in [0.1, 0.15) is 0 Å². The molecule has 62 heavy (non-hydrogen) atoms. The van der Waals surface area contributed by atoms with Crippen LogP contribution in [0.25, 0.3) is 122 Å². The van der Waals surface area contributed by atoms with Gasteiger partial charge in [0.1, 0.15) is 22.3 Å². The molecule has 3 aromatic heterocycles. The summed E-state index contributed by atoms with van der Waals surface area (Å²) >= 11 is 0. The maximum absolute atomic E-state index is 6.22. The van der Waals surface area contributed by atoms with Crippen LogP contribution in [0.3, 0.4) is 0 Å². The Hall–Kier alpha value is -8.34. The van der Waals surface area contributed by atoms with Gasteiger partial charge in [0.05, 0.1) is 11.4 Å². The molecule has 0 aliphatic carbocycles. The van der Waals surface area contributed by atoms with Crippen LogP contribution in [0.5, 0.6) is 0 Å². The van der Waals surface area contributed by atoms with Crippen LogP contribution < -0.4 is 0 Å². The number of hydrogen-bond acceptors (Lipinski definition) is 4. The highest BCUT2D eigenvalue weighted by molar-refractivity contribution is 6.07. The summed E-state index contributed by atoms with van der Waals surface area (Å²) in [7, 11) is 0. The molecule has 0 radical (unpaired) electrons. The van der Waals surface area contributed by atoms with Gasteiger partial charge in [-0.25, -0.2) is 9.97 Å². The van der Waals surface area contributed by atoms with Crippen molar-refractivity contribution in [2.75, 3.05) is 0 Å². The predicted octanol–water partition coefficient (Wildman–Crippen LogP) is 15.9. The lowest BCUT2D eigenvalue weighted by molar-refractivity contribution is 0.668. The van der Waals surface area contributed by atoms with E-state index < -0.39 is 0 Å². The van der Waals surface area contributed by atoms with Gasteiger partial charge in [-0.15, -0.1) is 0 Å². The molecule has 0 saturated heterocycles. The lowest BCUT2D eigenvalue weighted by Gasteiger charge is -2.15. The molecule has 4 heteroatoms. The van der Waals surface area contributed by atoms with E-state index in [0.717, 1.165) is 116 Å². The second-order valence-corrected chi connectivity index (χ2v) is 15.8. The van der Waals surface area contributed by atoms with Crippen molar-refractivity contribution in [1.29, 1.82) is 0 Å². The van der Waals surface area contributed by atoms with Gasteiger partial charge in [0, 0.05) is 38.2 Å². The van der Waals surface area contributed by atoms with Gasteiger partial charge in [0.25, 0.3) is 0 Å². The second-order valence-electron chi connectivity index (χ2n) is 15.8. The molecule has 0 fully saturated rings. The SMILES string of the molecule is c1ccc(-c2cc(-c3ccc4oc5ccccc5c4c3)cc(-c3cc(-c4cc(-c5ccccc5)cc(-c5ccc6oc7ccccc7c6c5)c4)nc(-c4ccccc4)n3)c2)cc1. The van der Waals surface area contributed by atoms with Gasteiger partial charge in [-0.2, -0.15) is 0 Å². The molecule has 290 valence electrons. The van der Waals surface area contributed by atoms with Crippen molar-refractivity contribution in [3.63, 3.8) is 0 Å². The van der Waals surface area contributed by atoms with Crippen molar-refractivity contribution >= 4 is 43.9 Å². The molecule has 0 amide bonds. The highest BCUT2D eigenvalue weighted by Crippen LogP contribution is 2.40. The van der Waals surface area contributed by atoms with Gasteiger partial charge in [-0.1, -0.05) is 140 Å². The quantitative estimate of drug-likeness (QED) is 0.161. The number of furan rings is 2. The molecule has 0 atom stereocenters. The first kappa shape index (κ1) is 35.6. The third kappa shape index (κ3) is 6.42. The molecule has 12 rings (SSSR count). The fraction of sp³-hybridized carbons (Fsp3) is 0. The minimum Gasteiger partial charge on any atom is -0.456 e. The molecule has 0 bridgehead atoms. The van der Waals surface area contributed by atoms with Crippen LogP contribution in [0, 0.1) is 0 Å². The summed E-state index contributed by atoms with van der Waals surface area (Å²) < 4.78 is 12.4. The van der Waals surface area contributed by atoms with Crippen LogP contribution >= 0.6 is 0 Å². The standard InChI is InChI=1S/C58H36N2O2/c1-4-14-37(15-5-1)42-28-44(40-24-26-56-50(34-40)48-20-10-12-22-54(48)61-56)32-46(30-42)52-36-53(60-58(59-52)39-18-8-3-9-19-39)47-31-43(38-16-6-2-7-17-38)29-45(33-47)41-25-27-57-51(35-41)49-21-11-13-23-55(49)62-57/h1-36H.